The monoisotopic (exact) mass is 286 g/mol. The lowest BCUT2D eigenvalue weighted by atomic mass is 10.3. The predicted molar refractivity (Wildman–Crippen MR) is 83.1 cm³/mol. The van der Waals surface area contributed by atoms with Gasteiger partial charge in [0.05, 0.1) is 26.5 Å². The average Bonchev–Trinajstić information content (AvgIpc) is 2.54. The van der Waals surface area contributed by atoms with Gasteiger partial charge in [0.15, 0.2) is 0 Å². The molecule has 21 heavy (non-hydrogen) atoms. The minimum atomic E-state index is -0.143. The van der Waals surface area contributed by atoms with E-state index in [1.165, 1.54) is 0 Å². The number of rotatable bonds is 6. The van der Waals surface area contributed by atoms with E-state index in [4.69, 9.17) is 9.47 Å². The molecule has 0 heterocycles. The molecular formula is C16H18N2O3. The van der Waals surface area contributed by atoms with Crippen LogP contribution in [0.15, 0.2) is 48.5 Å². The van der Waals surface area contributed by atoms with Gasteiger partial charge in [0, 0.05) is 5.69 Å². The van der Waals surface area contributed by atoms with Gasteiger partial charge in [0.25, 0.3) is 0 Å². The zero-order valence-corrected chi connectivity index (χ0v) is 12.1. The Balaban J connectivity index is 1.89. The molecule has 2 N–H and O–H groups in total. The Morgan fingerprint density at radius 3 is 2.38 bits per heavy atom. The molecule has 0 bridgehead atoms. The molecule has 1 amide bonds. The van der Waals surface area contributed by atoms with Gasteiger partial charge in [-0.2, -0.15) is 0 Å². The molecule has 5 heteroatoms. The number of nitrogens with one attached hydrogen (secondary N) is 2. The third-order valence-electron chi connectivity index (χ3n) is 2.92. The summed E-state index contributed by atoms with van der Waals surface area (Å²) < 4.78 is 10.3. The second-order valence-electron chi connectivity index (χ2n) is 4.33. The van der Waals surface area contributed by atoms with Crippen LogP contribution in [0.1, 0.15) is 0 Å². The van der Waals surface area contributed by atoms with Gasteiger partial charge in [0.1, 0.15) is 11.5 Å². The van der Waals surface area contributed by atoms with E-state index in [-0.39, 0.29) is 12.5 Å². The fourth-order valence-corrected chi connectivity index (χ4v) is 1.83. The highest BCUT2D eigenvalue weighted by atomic mass is 16.5. The van der Waals surface area contributed by atoms with Gasteiger partial charge in [-0.05, 0) is 36.4 Å². The fourth-order valence-electron chi connectivity index (χ4n) is 1.83. The third-order valence-corrected chi connectivity index (χ3v) is 2.92. The molecule has 0 unspecified atom stereocenters. The summed E-state index contributed by atoms with van der Waals surface area (Å²) in [5.41, 5.74) is 1.51. The van der Waals surface area contributed by atoms with Gasteiger partial charge in [-0.1, -0.05) is 12.1 Å². The highest BCUT2D eigenvalue weighted by Gasteiger charge is 2.06. The van der Waals surface area contributed by atoms with Crippen LogP contribution in [0.4, 0.5) is 11.4 Å². The van der Waals surface area contributed by atoms with Gasteiger partial charge in [0.2, 0.25) is 5.91 Å². The zero-order valence-electron chi connectivity index (χ0n) is 12.1. The van der Waals surface area contributed by atoms with E-state index in [0.717, 1.165) is 11.4 Å². The van der Waals surface area contributed by atoms with Crippen molar-refractivity contribution in [2.75, 3.05) is 31.4 Å². The molecule has 0 saturated heterocycles. The number of methoxy groups -OCH3 is 2. The van der Waals surface area contributed by atoms with Crippen LogP contribution in [0.3, 0.4) is 0 Å². The van der Waals surface area contributed by atoms with Crippen molar-refractivity contribution in [1.29, 1.82) is 0 Å². The predicted octanol–water partition coefficient (Wildman–Crippen LogP) is 2.75. The quantitative estimate of drug-likeness (QED) is 0.857. The van der Waals surface area contributed by atoms with Crippen LogP contribution in [0, 0.1) is 0 Å². The van der Waals surface area contributed by atoms with Gasteiger partial charge in [-0.3, -0.25) is 4.79 Å². The number of benzene rings is 2. The minimum absolute atomic E-state index is 0.143. The molecule has 0 radical (unpaired) electrons. The number of hydrogen-bond donors (Lipinski definition) is 2. The second kappa shape index (κ2) is 7.19. The second-order valence-corrected chi connectivity index (χ2v) is 4.33. The van der Waals surface area contributed by atoms with E-state index in [9.17, 15) is 4.79 Å². The van der Waals surface area contributed by atoms with Crippen molar-refractivity contribution in [1.82, 2.24) is 0 Å². The van der Waals surface area contributed by atoms with Crippen LogP contribution in [-0.2, 0) is 4.79 Å². The van der Waals surface area contributed by atoms with Crippen molar-refractivity contribution in [3.8, 4) is 11.5 Å². The average molecular weight is 286 g/mol. The molecule has 2 rings (SSSR count). The number of amides is 1. The van der Waals surface area contributed by atoms with Crippen molar-refractivity contribution in [3.63, 3.8) is 0 Å². The minimum Gasteiger partial charge on any atom is -0.497 e. The van der Waals surface area contributed by atoms with Gasteiger partial charge in [-0.25, -0.2) is 0 Å². The molecule has 0 atom stereocenters. The molecule has 0 spiro atoms. The largest absolute Gasteiger partial charge is 0.497 e. The van der Waals surface area contributed by atoms with E-state index < -0.39 is 0 Å². The number of anilines is 2. The summed E-state index contributed by atoms with van der Waals surface area (Å²) in [4.78, 5) is 11.9. The first-order valence-corrected chi connectivity index (χ1v) is 6.53. The third kappa shape index (κ3) is 4.14. The number of ether oxygens (including phenoxy) is 2. The van der Waals surface area contributed by atoms with E-state index in [2.05, 4.69) is 10.6 Å². The molecule has 0 aliphatic carbocycles. The summed E-state index contributed by atoms with van der Waals surface area (Å²) in [7, 11) is 3.18. The first-order valence-electron chi connectivity index (χ1n) is 6.53. The summed E-state index contributed by atoms with van der Waals surface area (Å²) in [6, 6.07) is 14.7. The van der Waals surface area contributed by atoms with Crippen molar-refractivity contribution in [3.05, 3.63) is 48.5 Å². The number of carbonyl (C=O) groups excluding carboxylic acids is 1. The van der Waals surface area contributed by atoms with Crippen LogP contribution in [0.5, 0.6) is 11.5 Å². The molecule has 0 saturated carbocycles. The lowest BCUT2D eigenvalue weighted by molar-refractivity contribution is -0.114. The Morgan fingerprint density at radius 2 is 1.71 bits per heavy atom. The zero-order chi connectivity index (χ0) is 15.1. The standard InChI is InChI=1S/C16H18N2O3/c1-20-13-9-7-12(8-10-13)17-11-16(19)18-14-5-3-4-6-15(14)21-2/h3-10,17H,11H2,1-2H3,(H,18,19). The van der Waals surface area contributed by atoms with Crippen LogP contribution in [-0.4, -0.2) is 26.7 Å². The summed E-state index contributed by atoms with van der Waals surface area (Å²) in [6.45, 7) is 0.171. The number of carbonyl (C=O) groups is 1. The Kier molecular flexibility index (Phi) is 5.04. The van der Waals surface area contributed by atoms with Crippen LogP contribution >= 0.6 is 0 Å². The fraction of sp³-hybridized carbons (Fsp3) is 0.188. The van der Waals surface area contributed by atoms with E-state index in [1.54, 1.807) is 26.4 Å². The Labute approximate surface area is 123 Å². The summed E-state index contributed by atoms with van der Waals surface area (Å²) >= 11 is 0. The summed E-state index contributed by atoms with van der Waals surface area (Å²) in [5.74, 6) is 1.27. The van der Waals surface area contributed by atoms with Gasteiger partial charge >= 0.3 is 0 Å². The lowest BCUT2D eigenvalue weighted by Gasteiger charge is -2.11. The SMILES string of the molecule is COc1ccc(NCC(=O)Nc2ccccc2OC)cc1. The van der Waals surface area contributed by atoms with Gasteiger partial charge < -0.3 is 20.1 Å². The molecule has 0 aliphatic heterocycles. The molecule has 5 nitrogen and oxygen atoms in total. The molecule has 0 aromatic heterocycles. The number of hydrogen-bond acceptors (Lipinski definition) is 4. The van der Waals surface area contributed by atoms with Crippen LogP contribution in [0.2, 0.25) is 0 Å². The first-order chi connectivity index (χ1) is 10.2. The molecule has 2 aromatic carbocycles. The van der Waals surface area contributed by atoms with Crippen molar-refractivity contribution in [2.45, 2.75) is 0 Å². The maximum atomic E-state index is 11.9. The molecule has 2 aromatic rings. The van der Waals surface area contributed by atoms with E-state index >= 15 is 0 Å². The van der Waals surface area contributed by atoms with Crippen LogP contribution in [0.25, 0.3) is 0 Å². The Hall–Kier alpha value is -2.69. The topological polar surface area (TPSA) is 59.6 Å². The summed E-state index contributed by atoms with van der Waals surface area (Å²) in [5, 5.41) is 5.85. The molecule has 0 fully saturated rings. The van der Waals surface area contributed by atoms with Crippen molar-refractivity contribution >= 4 is 17.3 Å². The lowest BCUT2D eigenvalue weighted by Crippen LogP contribution is -2.22. The normalized spacial score (nSPS) is 9.81. The van der Waals surface area contributed by atoms with E-state index in [0.29, 0.717) is 11.4 Å². The first kappa shape index (κ1) is 14.7. The molecule has 110 valence electrons. The van der Waals surface area contributed by atoms with Crippen molar-refractivity contribution < 1.29 is 14.3 Å². The maximum Gasteiger partial charge on any atom is 0.243 e. The summed E-state index contributed by atoms with van der Waals surface area (Å²) in [6.07, 6.45) is 0. The van der Waals surface area contributed by atoms with Crippen LogP contribution < -0.4 is 20.1 Å². The smallest absolute Gasteiger partial charge is 0.243 e. The maximum absolute atomic E-state index is 11.9. The highest BCUT2D eigenvalue weighted by Crippen LogP contribution is 2.22. The Bertz CT molecular complexity index is 597. The van der Waals surface area contributed by atoms with Gasteiger partial charge in [-0.15, -0.1) is 0 Å². The molecular weight excluding hydrogens is 268 g/mol. The highest BCUT2D eigenvalue weighted by molar-refractivity contribution is 5.95. The Morgan fingerprint density at radius 1 is 1.00 bits per heavy atom. The molecule has 0 aliphatic rings. The number of para-hydroxylation sites is 2. The van der Waals surface area contributed by atoms with E-state index in [1.807, 2.05) is 36.4 Å². The van der Waals surface area contributed by atoms with Crippen molar-refractivity contribution in [2.24, 2.45) is 0 Å².